The van der Waals surface area contributed by atoms with Crippen LogP contribution in [0, 0.1) is 0 Å². The van der Waals surface area contributed by atoms with Crippen LogP contribution >= 0.6 is 0 Å². The molecule has 1 heterocycles. The number of amides is 2. The summed E-state index contributed by atoms with van der Waals surface area (Å²) in [5, 5.41) is 4.27. The lowest BCUT2D eigenvalue weighted by atomic mass is 10.2. The number of methoxy groups -OCH3 is 2. The van der Waals surface area contributed by atoms with Gasteiger partial charge in [0, 0.05) is 49.8 Å². The summed E-state index contributed by atoms with van der Waals surface area (Å²) >= 11 is 0. The van der Waals surface area contributed by atoms with Gasteiger partial charge in [0.15, 0.2) is 0 Å². The Kier molecular flexibility index (Phi) is 4.99. The van der Waals surface area contributed by atoms with Crippen LogP contribution in [0.5, 0.6) is 11.5 Å². The van der Waals surface area contributed by atoms with Crippen molar-refractivity contribution in [2.75, 3.05) is 32.6 Å². The van der Waals surface area contributed by atoms with E-state index in [1.807, 2.05) is 12.1 Å². The van der Waals surface area contributed by atoms with E-state index in [4.69, 9.17) is 9.47 Å². The number of carbonyl (C=O) groups excluding carboxylic acids is 2. The standard InChI is InChI=1S/C14H19N3O4/c1-20-11-7-10(8-12(9-11)21-2)15-5-6-16-17-13(18)3-4-14(17)19/h7-9,15-16H,3-6H2,1-2H3. The highest BCUT2D eigenvalue weighted by Crippen LogP contribution is 2.25. The Balaban J connectivity index is 1.83. The molecule has 0 saturated carbocycles. The van der Waals surface area contributed by atoms with Crippen LogP contribution in [0.2, 0.25) is 0 Å². The average molecular weight is 293 g/mol. The van der Waals surface area contributed by atoms with E-state index in [0.29, 0.717) is 24.6 Å². The predicted molar refractivity (Wildman–Crippen MR) is 77.1 cm³/mol. The van der Waals surface area contributed by atoms with Gasteiger partial charge < -0.3 is 14.8 Å². The third-order valence-corrected chi connectivity index (χ3v) is 3.13. The van der Waals surface area contributed by atoms with Crippen LogP contribution in [0.3, 0.4) is 0 Å². The van der Waals surface area contributed by atoms with E-state index < -0.39 is 0 Å². The first kappa shape index (κ1) is 15.1. The molecule has 0 spiro atoms. The Bertz CT molecular complexity index is 495. The van der Waals surface area contributed by atoms with Crippen molar-refractivity contribution in [1.82, 2.24) is 10.4 Å². The molecule has 2 amide bonds. The molecule has 1 aliphatic heterocycles. The number of hydrogen-bond acceptors (Lipinski definition) is 6. The first-order chi connectivity index (χ1) is 10.1. The van der Waals surface area contributed by atoms with Crippen molar-refractivity contribution in [1.29, 1.82) is 0 Å². The maximum atomic E-state index is 11.4. The van der Waals surface area contributed by atoms with Crippen molar-refractivity contribution < 1.29 is 19.1 Å². The summed E-state index contributed by atoms with van der Waals surface area (Å²) in [6.45, 7) is 1.00. The number of anilines is 1. The first-order valence-corrected chi connectivity index (χ1v) is 6.70. The van der Waals surface area contributed by atoms with Gasteiger partial charge in [0.2, 0.25) is 11.8 Å². The lowest BCUT2D eigenvalue weighted by Gasteiger charge is -2.16. The number of nitrogens with zero attached hydrogens (tertiary/aromatic N) is 1. The Morgan fingerprint density at radius 3 is 2.10 bits per heavy atom. The fraction of sp³-hybridized carbons (Fsp3) is 0.429. The summed E-state index contributed by atoms with van der Waals surface area (Å²) in [4.78, 5) is 22.8. The number of nitrogens with one attached hydrogen (secondary N) is 2. The minimum atomic E-state index is -0.178. The fourth-order valence-corrected chi connectivity index (χ4v) is 2.04. The van der Waals surface area contributed by atoms with Gasteiger partial charge in [-0.3, -0.25) is 9.59 Å². The molecule has 1 aromatic carbocycles. The van der Waals surface area contributed by atoms with Gasteiger partial charge >= 0.3 is 0 Å². The molecule has 0 atom stereocenters. The van der Waals surface area contributed by atoms with Gasteiger partial charge in [0.05, 0.1) is 14.2 Å². The van der Waals surface area contributed by atoms with Crippen molar-refractivity contribution in [2.45, 2.75) is 12.8 Å². The van der Waals surface area contributed by atoms with Crippen LogP contribution in [0.25, 0.3) is 0 Å². The van der Waals surface area contributed by atoms with Crippen LogP contribution in [0.15, 0.2) is 18.2 Å². The number of imide groups is 1. The highest BCUT2D eigenvalue weighted by molar-refractivity contribution is 6.01. The van der Waals surface area contributed by atoms with Gasteiger partial charge in [0.1, 0.15) is 11.5 Å². The van der Waals surface area contributed by atoms with E-state index in [1.54, 1.807) is 20.3 Å². The molecular formula is C14H19N3O4. The number of hydrogen-bond donors (Lipinski definition) is 2. The Hall–Kier alpha value is -2.28. The molecule has 0 bridgehead atoms. The molecule has 0 radical (unpaired) electrons. The van der Waals surface area contributed by atoms with Crippen molar-refractivity contribution in [3.63, 3.8) is 0 Å². The maximum absolute atomic E-state index is 11.4. The van der Waals surface area contributed by atoms with Crippen LogP contribution in [0.4, 0.5) is 5.69 Å². The lowest BCUT2D eigenvalue weighted by molar-refractivity contribution is -0.141. The second kappa shape index (κ2) is 6.94. The number of ether oxygens (including phenoxy) is 2. The smallest absolute Gasteiger partial charge is 0.244 e. The predicted octanol–water partition coefficient (Wildman–Crippen LogP) is 0.769. The van der Waals surface area contributed by atoms with E-state index >= 15 is 0 Å². The van der Waals surface area contributed by atoms with E-state index in [1.165, 1.54) is 0 Å². The molecule has 114 valence electrons. The molecule has 2 rings (SSSR count). The highest BCUT2D eigenvalue weighted by atomic mass is 16.5. The van der Waals surface area contributed by atoms with E-state index in [2.05, 4.69) is 10.7 Å². The Labute approximate surface area is 123 Å². The molecule has 1 aliphatic rings. The second-order valence-corrected chi connectivity index (χ2v) is 4.56. The minimum Gasteiger partial charge on any atom is -0.497 e. The summed E-state index contributed by atoms with van der Waals surface area (Å²) in [5.41, 5.74) is 3.66. The van der Waals surface area contributed by atoms with E-state index in [-0.39, 0.29) is 24.7 Å². The normalized spacial score (nSPS) is 14.5. The van der Waals surface area contributed by atoms with E-state index in [9.17, 15) is 9.59 Å². The Morgan fingerprint density at radius 2 is 1.57 bits per heavy atom. The summed E-state index contributed by atoms with van der Waals surface area (Å²) in [5.74, 6) is 1.02. The van der Waals surface area contributed by atoms with Gasteiger partial charge in [-0.2, -0.15) is 0 Å². The molecule has 0 aromatic heterocycles. The number of carbonyl (C=O) groups is 2. The highest BCUT2D eigenvalue weighted by Gasteiger charge is 2.28. The zero-order valence-electron chi connectivity index (χ0n) is 12.1. The van der Waals surface area contributed by atoms with Gasteiger partial charge in [-0.05, 0) is 0 Å². The maximum Gasteiger partial charge on any atom is 0.244 e. The van der Waals surface area contributed by atoms with Gasteiger partial charge in [0.25, 0.3) is 0 Å². The summed E-state index contributed by atoms with van der Waals surface area (Å²) in [6.07, 6.45) is 0.568. The third-order valence-electron chi connectivity index (χ3n) is 3.13. The van der Waals surface area contributed by atoms with Crippen molar-refractivity contribution >= 4 is 17.5 Å². The third kappa shape index (κ3) is 3.85. The number of hydrazine groups is 1. The summed E-state index contributed by atoms with van der Waals surface area (Å²) in [6, 6.07) is 5.47. The minimum absolute atomic E-state index is 0.178. The SMILES string of the molecule is COc1cc(NCCNN2C(=O)CCC2=O)cc(OC)c1. The van der Waals surface area contributed by atoms with Crippen molar-refractivity contribution in [3.8, 4) is 11.5 Å². The molecular weight excluding hydrogens is 274 g/mol. The molecule has 1 aromatic rings. The molecule has 2 N–H and O–H groups in total. The first-order valence-electron chi connectivity index (χ1n) is 6.70. The van der Waals surface area contributed by atoms with Crippen LogP contribution in [0.1, 0.15) is 12.8 Å². The zero-order chi connectivity index (χ0) is 15.2. The molecule has 7 nitrogen and oxygen atoms in total. The van der Waals surface area contributed by atoms with Crippen LogP contribution < -0.4 is 20.2 Å². The molecule has 21 heavy (non-hydrogen) atoms. The zero-order valence-corrected chi connectivity index (χ0v) is 12.1. The van der Waals surface area contributed by atoms with Gasteiger partial charge in [-0.1, -0.05) is 0 Å². The monoisotopic (exact) mass is 293 g/mol. The molecule has 1 saturated heterocycles. The van der Waals surface area contributed by atoms with Crippen LogP contribution in [-0.4, -0.2) is 44.1 Å². The molecule has 0 unspecified atom stereocenters. The summed E-state index contributed by atoms with van der Waals surface area (Å²) in [7, 11) is 3.18. The second-order valence-electron chi connectivity index (χ2n) is 4.56. The Morgan fingerprint density at radius 1 is 1.00 bits per heavy atom. The van der Waals surface area contributed by atoms with Crippen LogP contribution in [-0.2, 0) is 9.59 Å². The molecule has 7 heteroatoms. The quantitative estimate of drug-likeness (QED) is 0.571. The van der Waals surface area contributed by atoms with Gasteiger partial charge in [-0.25, -0.2) is 10.4 Å². The van der Waals surface area contributed by atoms with Crippen molar-refractivity contribution in [3.05, 3.63) is 18.2 Å². The van der Waals surface area contributed by atoms with Crippen molar-refractivity contribution in [2.24, 2.45) is 0 Å². The number of benzene rings is 1. The topological polar surface area (TPSA) is 79.9 Å². The summed E-state index contributed by atoms with van der Waals surface area (Å²) < 4.78 is 10.4. The average Bonchev–Trinajstić information content (AvgIpc) is 2.82. The molecule has 1 fully saturated rings. The fourth-order valence-electron chi connectivity index (χ4n) is 2.04. The van der Waals surface area contributed by atoms with Gasteiger partial charge in [-0.15, -0.1) is 0 Å². The largest absolute Gasteiger partial charge is 0.497 e. The lowest BCUT2D eigenvalue weighted by Crippen LogP contribution is -2.43. The van der Waals surface area contributed by atoms with E-state index in [0.717, 1.165) is 10.7 Å². The number of rotatable bonds is 7. The molecule has 0 aliphatic carbocycles.